The van der Waals surface area contributed by atoms with Crippen LogP contribution in [0.5, 0.6) is 5.75 Å². The molecule has 1 saturated heterocycles. The zero-order valence-corrected chi connectivity index (χ0v) is 16.0. The van der Waals surface area contributed by atoms with Gasteiger partial charge in [-0.25, -0.2) is 4.79 Å². The van der Waals surface area contributed by atoms with Crippen LogP contribution in [0.2, 0.25) is 0 Å². The number of ketones is 1. The molecule has 1 aromatic heterocycles. The van der Waals surface area contributed by atoms with Crippen molar-refractivity contribution in [3.05, 3.63) is 71.5 Å². The number of Topliss-reactive ketones (excluding diaryl/α,β-unsaturated/α-hetero) is 1. The van der Waals surface area contributed by atoms with Gasteiger partial charge in [-0.15, -0.1) is 0 Å². The molecule has 9 heteroatoms. The SMILES string of the molecule is CC(=O)N=C1N(/C=C2/C(=O)Oc3ccccc3C2=O)C(=O)/C(=C\c2ccco2)N1C. The predicted molar refractivity (Wildman–Crippen MR) is 104 cm³/mol. The van der Waals surface area contributed by atoms with Crippen molar-refractivity contribution in [1.82, 2.24) is 9.80 Å². The Bertz CT molecular complexity index is 1170. The van der Waals surface area contributed by atoms with Crippen molar-refractivity contribution >= 4 is 35.6 Å². The van der Waals surface area contributed by atoms with Gasteiger partial charge >= 0.3 is 5.97 Å². The second kappa shape index (κ2) is 7.28. The third-order valence-corrected chi connectivity index (χ3v) is 4.45. The van der Waals surface area contributed by atoms with E-state index in [0.717, 1.165) is 11.1 Å². The highest BCUT2D eigenvalue weighted by atomic mass is 16.5. The number of esters is 1. The van der Waals surface area contributed by atoms with Crippen LogP contribution >= 0.6 is 0 Å². The van der Waals surface area contributed by atoms with Gasteiger partial charge in [0.25, 0.3) is 5.91 Å². The number of furan rings is 1. The van der Waals surface area contributed by atoms with Crippen molar-refractivity contribution < 1.29 is 28.3 Å². The van der Waals surface area contributed by atoms with E-state index in [9.17, 15) is 19.2 Å². The molecule has 0 unspecified atom stereocenters. The Balaban J connectivity index is 1.80. The number of guanidine groups is 1. The Labute approximate surface area is 170 Å². The largest absolute Gasteiger partial charge is 0.465 e. The van der Waals surface area contributed by atoms with Gasteiger partial charge in [0.1, 0.15) is 22.8 Å². The van der Waals surface area contributed by atoms with Crippen LogP contribution in [0.3, 0.4) is 0 Å². The number of ether oxygens (including phenoxy) is 1. The summed E-state index contributed by atoms with van der Waals surface area (Å²) in [6.07, 6.45) is 3.96. The molecule has 1 aromatic carbocycles. The fraction of sp³-hybridized carbons (Fsp3) is 0.0952. The van der Waals surface area contributed by atoms with Crippen molar-refractivity contribution in [3.8, 4) is 5.75 Å². The van der Waals surface area contributed by atoms with Crippen LogP contribution in [0.1, 0.15) is 23.0 Å². The maximum atomic E-state index is 13.0. The van der Waals surface area contributed by atoms with E-state index in [1.807, 2.05) is 0 Å². The summed E-state index contributed by atoms with van der Waals surface area (Å²) in [6.45, 7) is 1.22. The summed E-state index contributed by atoms with van der Waals surface area (Å²) < 4.78 is 10.4. The molecule has 3 heterocycles. The molecule has 1 fully saturated rings. The van der Waals surface area contributed by atoms with Crippen molar-refractivity contribution in [1.29, 1.82) is 0 Å². The highest BCUT2D eigenvalue weighted by Crippen LogP contribution is 2.29. The first kappa shape index (κ1) is 19.1. The smallest absolute Gasteiger partial charge is 0.349 e. The first-order valence-corrected chi connectivity index (χ1v) is 8.86. The van der Waals surface area contributed by atoms with Crippen LogP contribution < -0.4 is 4.74 Å². The van der Waals surface area contributed by atoms with E-state index in [4.69, 9.17) is 9.15 Å². The highest BCUT2D eigenvalue weighted by molar-refractivity contribution is 6.28. The fourth-order valence-corrected chi connectivity index (χ4v) is 3.06. The summed E-state index contributed by atoms with van der Waals surface area (Å²) in [5, 5.41) is 0. The number of likely N-dealkylation sites (N-methyl/N-ethyl adjacent to an activating group) is 1. The zero-order valence-electron chi connectivity index (χ0n) is 16.0. The van der Waals surface area contributed by atoms with Crippen molar-refractivity contribution in [2.45, 2.75) is 6.92 Å². The third kappa shape index (κ3) is 3.22. The Kier molecular flexibility index (Phi) is 4.63. The molecule has 0 bridgehead atoms. The molecule has 30 heavy (non-hydrogen) atoms. The van der Waals surface area contributed by atoms with E-state index in [2.05, 4.69) is 4.99 Å². The van der Waals surface area contributed by atoms with Crippen LogP contribution in [-0.4, -0.2) is 46.4 Å². The van der Waals surface area contributed by atoms with Crippen LogP contribution in [0, 0.1) is 0 Å². The molecule has 150 valence electrons. The number of aliphatic imine (C=N–C) groups is 1. The summed E-state index contributed by atoms with van der Waals surface area (Å²) in [5.74, 6) is -2.16. The molecular weight excluding hydrogens is 390 g/mol. The standard InChI is InChI=1S/C21H15N3O6/c1-12(25)22-21-23(2)16(10-13-6-5-9-29-13)19(27)24(21)11-15-18(26)14-7-3-4-8-17(14)30-20(15)28/h3-11H,1-2H3/b15-11+,16-10+,22-21?. The normalized spacial score (nSPS) is 20.3. The molecule has 0 N–H and O–H groups in total. The third-order valence-electron chi connectivity index (χ3n) is 4.45. The maximum Gasteiger partial charge on any atom is 0.349 e. The number of hydrogen-bond acceptors (Lipinski definition) is 6. The Morgan fingerprint density at radius 2 is 1.87 bits per heavy atom. The van der Waals surface area contributed by atoms with Gasteiger partial charge in [0, 0.05) is 26.2 Å². The summed E-state index contributed by atoms with van der Waals surface area (Å²) in [7, 11) is 1.53. The van der Waals surface area contributed by atoms with Gasteiger partial charge in [-0.2, -0.15) is 4.99 Å². The highest BCUT2D eigenvalue weighted by Gasteiger charge is 2.39. The van der Waals surface area contributed by atoms with E-state index >= 15 is 0 Å². The molecule has 2 aliphatic rings. The minimum atomic E-state index is -0.903. The van der Waals surface area contributed by atoms with E-state index in [-0.39, 0.29) is 28.5 Å². The van der Waals surface area contributed by atoms with Crippen molar-refractivity contribution in [2.24, 2.45) is 4.99 Å². The quantitative estimate of drug-likeness (QED) is 0.325. The number of hydrogen-bond donors (Lipinski definition) is 0. The molecule has 4 rings (SSSR count). The van der Waals surface area contributed by atoms with Gasteiger partial charge in [0.05, 0.1) is 11.8 Å². The topological polar surface area (TPSA) is 109 Å². The molecular formula is C21H15N3O6. The van der Waals surface area contributed by atoms with Crippen molar-refractivity contribution in [3.63, 3.8) is 0 Å². The van der Waals surface area contributed by atoms with Crippen LogP contribution in [-0.2, 0) is 14.4 Å². The van der Waals surface area contributed by atoms with Crippen LogP contribution in [0.25, 0.3) is 6.08 Å². The fourth-order valence-electron chi connectivity index (χ4n) is 3.06. The lowest BCUT2D eigenvalue weighted by Crippen LogP contribution is -2.33. The predicted octanol–water partition coefficient (Wildman–Crippen LogP) is 1.98. The summed E-state index contributed by atoms with van der Waals surface area (Å²) in [4.78, 5) is 56.1. The number of para-hydroxylation sites is 1. The van der Waals surface area contributed by atoms with Gasteiger partial charge in [0.2, 0.25) is 17.6 Å². The summed E-state index contributed by atoms with van der Waals surface area (Å²) in [5.41, 5.74) is -0.0236. The van der Waals surface area contributed by atoms with Gasteiger partial charge in [0.15, 0.2) is 0 Å². The lowest BCUT2D eigenvalue weighted by atomic mass is 10.0. The summed E-state index contributed by atoms with van der Waals surface area (Å²) >= 11 is 0. The number of benzene rings is 1. The molecule has 9 nitrogen and oxygen atoms in total. The Hall–Kier alpha value is -4.27. The molecule has 0 aliphatic carbocycles. The van der Waals surface area contributed by atoms with E-state index in [1.165, 1.54) is 43.3 Å². The first-order valence-electron chi connectivity index (χ1n) is 8.86. The number of rotatable bonds is 2. The zero-order chi connectivity index (χ0) is 21.4. The van der Waals surface area contributed by atoms with E-state index in [0.29, 0.717) is 5.76 Å². The maximum absolute atomic E-state index is 13.0. The lowest BCUT2D eigenvalue weighted by Gasteiger charge is -2.19. The Morgan fingerprint density at radius 3 is 2.57 bits per heavy atom. The molecule has 0 radical (unpaired) electrons. The van der Waals surface area contributed by atoms with Crippen LogP contribution in [0.15, 0.2) is 69.5 Å². The molecule has 2 amide bonds. The minimum absolute atomic E-state index is 0.0581. The molecule has 2 aromatic rings. The second-order valence-corrected chi connectivity index (χ2v) is 6.47. The van der Waals surface area contributed by atoms with E-state index in [1.54, 1.807) is 24.3 Å². The number of carbonyl (C=O) groups is 4. The monoisotopic (exact) mass is 405 g/mol. The van der Waals surface area contributed by atoms with Crippen LogP contribution in [0.4, 0.5) is 0 Å². The average Bonchev–Trinajstić information content (AvgIpc) is 3.29. The first-order chi connectivity index (χ1) is 14.4. The number of amides is 2. The second-order valence-electron chi connectivity index (χ2n) is 6.47. The van der Waals surface area contributed by atoms with Gasteiger partial charge in [-0.1, -0.05) is 12.1 Å². The molecule has 0 atom stereocenters. The van der Waals surface area contributed by atoms with Gasteiger partial charge in [-0.05, 0) is 24.3 Å². The number of nitrogens with zero attached hydrogens (tertiary/aromatic N) is 3. The molecule has 2 aliphatic heterocycles. The van der Waals surface area contributed by atoms with Gasteiger partial charge < -0.3 is 14.1 Å². The van der Waals surface area contributed by atoms with Gasteiger partial charge in [-0.3, -0.25) is 19.3 Å². The number of fused-ring (bicyclic) bond motifs is 1. The average molecular weight is 405 g/mol. The Morgan fingerprint density at radius 1 is 1.10 bits per heavy atom. The number of carbonyl (C=O) groups excluding carboxylic acids is 4. The molecule has 0 spiro atoms. The molecule has 0 saturated carbocycles. The lowest BCUT2D eigenvalue weighted by molar-refractivity contribution is -0.130. The van der Waals surface area contributed by atoms with E-state index < -0.39 is 23.6 Å². The minimum Gasteiger partial charge on any atom is -0.465 e. The summed E-state index contributed by atoms with van der Waals surface area (Å²) in [6, 6.07) is 9.60. The van der Waals surface area contributed by atoms with Crippen molar-refractivity contribution in [2.75, 3.05) is 7.05 Å².